The number of aromatic amines is 1. The van der Waals surface area contributed by atoms with Crippen molar-refractivity contribution in [3.8, 4) is 22.8 Å². The number of methoxy groups -OCH3 is 2. The summed E-state index contributed by atoms with van der Waals surface area (Å²) in [7, 11) is 3.19. The Kier molecular flexibility index (Phi) is 4.61. The molecule has 0 bridgehead atoms. The third-order valence-corrected chi connectivity index (χ3v) is 3.79. The van der Waals surface area contributed by atoms with Crippen LogP contribution in [0.15, 0.2) is 59.4 Å². The number of hydrogen-bond acceptors (Lipinski definition) is 4. The highest BCUT2D eigenvalue weighted by atomic mass is 16.5. The van der Waals surface area contributed by atoms with Crippen LogP contribution >= 0.6 is 0 Å². The zero-order valence-electron chi connectivity index (χ0n) is 13.6. The smallest absolute Gasteiger partial charge is 0.267 e. The van der Waals surface area contributed by atoms with E-state index in [4.69, 9.17) is 9.47 Å². The highest BCUT2D eigenvalue weighted by Crippen LogP contribution is 2.28. The van der Waals surface area contributed by atoms with Gasteiger partial charge < -0.3 is 9.47 Å². The largest absolute Gasteiger partial charge is 0.493 e. The van der Waals surface area contributed by atoms with E-state index in [2.05, 4.69) is 10.2 Å². The molecule has 1 aromatic heterocycles. The topological polar surface area (TPSA) is 64.2 Å². The van der Waals surface area contributed by atoms with Crippen LogP contribution in [-0.2, 0) is 6.42 Å². The van der Waals surface area contributed by atoms with E-state index in [1.54, 1.807) is 14.2 Å². The molecule has 24 heavy (non-hydrogen) atoms. The summed E-state index contributed by atoms with van der Waals surface area (Å²) in [4.78, 5) is 12.1. The lowest BCUT2D eigenvalue weighted by atomic mass is 10.0. The van der Waals surface area contributed by atoms with Crippen molar-refractivity contribution in [2.24, 2.45) is 0 Å². The second kappa shape index (κ2) is 7.00. The molecule has 5 heteroatoms. The minimum atomic E-state index is -0.190. The van der Waals surface area contributed by atoms with Gasteiger partial charge in [-0.1, -0.05) is 36.4 Å². The number of nitrogens with one attached hydrogen (secondary N) is 1. The van der Waals surface area contributed by atoms with Crippen LogP contribution < -0.4 is 15.0 Å². The molecule has 1 heterocycles. The lowest BCUT2D eigenvalue weighted by Gasteiger charge is -2.10. The first-order valence-electron chi connectivity index (χ1n) is 7.56. The lowest BCUT2D eigenvalue weighted by Crippen LogP contribution is -2.15. The molecule has 0 radical (unpaired) electrons. The van der Waals surface area contributed by atoms with Gasteiger partial charge >= 0.3 is 0 Å². The maximum atomic E-state index is 12.1. The van der Waals surface area contributed by atoms with E-state index in [0.29, 0.717) is 23.5 Å². The molecule has 0 amide bonds. The molecule has 1 N–H and O–H groups in total. The first kappa shape index (κ1) is 15.8. The fraction of sp³-hybridized carbons (Fsp3) is 0.158. The standard InChI is InChI=1S/C19H18N2O3/c1-23-17-9-8-13(11-18(17)24-2)10-15-12-16(20-21-19(15)22)14-6-4-3-5-7-14/h3-9,11-12H,10H2,1-2H3,(H,21,22). The molecule has 0 aliphatic rings. The molecule has 0 spiro atoms. The lowest BCUT2D eigenvalue weighted by molar-refractivity contribution is 0.354. The number of nitrogens with zero attached hydrogens (tertiary/aromatic N) is 1. The average molecular weight is 322 g/mol. The van der Waals surface area contributed by atoms with Crippen LogP contribution in [-0.4, -0.2) is 24.4 Å². The summed E-state index contributed by atoms with van der Waals surface area (Å²) < 4.78 is 10.6. The van der Waals surface area contributed by atoms with Crippen molar-refractivity contribution in [1.29, 1.82) is 0 Å². The normalized spacial score (nSPS) is 10.4. The van der Waals surface area contributed by atoms with Crippen LogP contribution in [0, 0.1) is 0 Å². The summed E-state index contributed by atoms with van der Waals surface area (Å²) in [6.45, 7) is 0. The highest BCUT2D eigenvalue weighted by molar-refractivity contribution is 5.59. The van der Waals surface area contributed by atoms with Gasteiger partial charge in [0.2, 0.25) is 0 Å². The van der Waals surface area contributed by atoms with Gasteiger partial charge in [0.05, 0.1) is 19.9 Å². The summed E-state index contributed by atoms with van der Waals surface area (Å²) in [6.07, 6.45) is 0.484. The van der Waals surface area contributed by atoms with Crippen LogP contribution in [0.3, 0.4) is 0 Å². The minimum Gasteiger partial charge on any atom is -0.493 e. The zero-order valence-corrected chi connectivity index (χ0v) is 13.6. The zero-order chi connectivity index (χ0) is 16.9. The first-order valence-corrected chi connectivity index (χ1v) is 7.56. The van der Waals surface area contributed by atoms with Gasteiger partial charge in [-0.25, -0.2) is 5.10 Å². The molecule has 122 valence electrons. The molecule has 0 saturated heterocycles. The summed E-state index contributed by atoms with van der Waals surface area (Å²) in [5.41, 5.74) is 3.12. The first-order chi connectivity index (χ1) is 11.7. The monoisotopic (exact) mass is 322 g/mol. The summed E-state index contributed by atoms with van der Waals surface area (Å²) in [5, 5.41) is 6.71. The number of rotatable bonds is 5. The maximum Gasteiger partial charge on any atom is 0.267 e. The van der Waals surface area contributed by atoms with E-state index >= 15 is 0 Å². The molecule has 5 nitrogen and oxygen atoms in total. The predicted molar refractivity (Wildman–Crippen MR) is 92.6 cm³/mol. The number of ether oxygens (including phenoxy) is 2. The molecule has 0 unspecified atom stereocenters. The van der Waals surface area contributed by atoms with Gasteiger partial charge in [-0.05, 0) is 23.8 Å². The molecule has 0 saturated carbocycles. The van der Waals surface area contributed by atoms with Crippen molar-refractivity contribution in [1.82, 2.24) is 10.2 Å². The Morgan fingerprint density at radius 3 is 2.42 bits per heavy atom. The third kappa shape index (κ3) is 3.30. The fourth-order valence-corrected chi connectivity index (χ4v) is 2.54. The Morgan fingerprint density at radius 1 is 0.958 bits per heavy atom. The third-order valence-electron chi connectivity index (χ3n) is 3.79. The van der Waals surface area contributed by atoms with Gasteiger partial charge in [0, 0.05) is 17.5 Å². The highest BCUT2D eigenvalue weighted by Gasteiger charge is 2.09. The molecule has 0 fully saturated rings. The predicted octanol–water partition coefficient (Wildman–Crippen LogP) is 3.04. The molecular weight excluding hydrogens is 304 g/mol. The average Bonchev–Trinajstić information content (AvgIpc) is 2.64. The van der Waals surface area contributed by atoms with E-state index in [1.807, 2.05) is 54.6 Å². The Morgan fingerprint density at radius 2 is 1.71 bits per heavy atom. The SMILES string of the molecule is COc1ccc(Cc2cc(-c3ccccc3)n[nH]c2=O)cc1OC. The number of benzene rings is 2. The second-order valence-corrected chi connectivity index (χ2v) is 5.34. The molecule has 0 aliphatic carbocycles. The quantitative estimate of drug-likeness (QED) is 0.784. The Balaban J connectivity index is 1.94. The number of H-pyrrole nitrogens is 1. The van der Waals surface area contributed by atoms with Crippen molar-refractivity contribution in [3.05, 3.63) is 76.1 Å². The Labute approximate surface area is 139 Å². The van der Waals surface area contributed by atoms with E-state index in [1.165, 1.54) is 0 Å². The van der Waals surface area contributed by atoms with Gasteiger partial charge in [-0.2, -0.15) is 5.10 Å². The van der Waals surface area contributed by atoms with E-state index in [-0.39, 0.29) is 5.56 Å². The molecule has 3 rings (SSSR count). The maximum absolute atomic E-state index is 12.1. The van der Waals surface area contributed by atoms with Crippen LogP contribution in [0.1, 0.15) is 11.1 Å². The summed E-state index contributed by atoms with van der Waals surface area (Å²) in [6, 6.07) is 17.2. The minimum absolute atomic E-state index is 0.190. The molecule has 3 aromatic rings. The van der Waals surface area contributed by atoms with Crippen LogP contribution in [0.4, 0.5) is 0 Å². The van der Waals surface area contributed by atoms with E-state index < -0.39 is 0 Å². The summed E-state index contributed by atoms with van der Waals surface area (Å²) in [5.74, 6) is 1.30. The van der Waals surface area contributed by atoms with Crippen molar-refractivity contribution >= 4 is 0 Å². The van der Waals surface area contributed by atoms with Gasteiger partial charge in [0.1, 0.15) is 0 Å². The van der Waals surface area contributed by atoms with Gasteiger partial charge in [0.15, 0.2) is 11.5 Å². The van der Waals surface area contributed by atoms with E-state index in [9.17, 15) is 4.79 Å². The van der Waals surface area contributed by atoms with Crippen LogP contribution in [0.25, 0.3) is 11.3 Å². The van der Waals surface area contributed by atoms with Gasteiger partial charge in [0.25, 0.3) is 5.56 Å². The molecule has 2 aromatic carbocycles. The van der Waals surface area contributed by atoms with Crippen molar-refractivity contribution < 1.29 is 9.47 Å². The fourth-order valence-electron chi connectivity index (χ4n) is 2.54. The molecule has 0 aliphatic heterocycles. The number of hydrogen-bond donors (Lipinski definition) is 1. The van der Waals surface area contributed by atoms with Gasteiger partial charge in [-0.3, -0.25) is 4.79 Å². The van der Waals surface area contributed by atoms with Crippen molar-refractivity contribution in [2.75, 3.05) is 14.2 Å². The van der Waals surface area contributed by atoms with Crippen LogP contribution in [0.2, 0.25) is 0 Å². The Hall–Kier alpha value is -3.08. The molecular formula is C19H18N2O3. The van der Waals surface area contributed by atoms with Crippen molar-refractivity contribution in [3.63, 3.8) is 0 Å². The van der Waals surface area contributed by atoms with Crippen LogP contribution in [0.5, 0.6) is 11.5 Å². The second-order valence-electron chi connectivity index (χ2n) is 5.34. The molecule has 0 atom stereocenters. The summed E-state index contributed by atoms with van der Waals surface area (Å²) >= 11 is 0. The Bertz CT molecular complexity index is 889. The van der Waals surface area contributed by atoms with Gasteiger partial charge in [-0.15, -0.1) is 0 Å². The van der Waals surface area contributed by atoms with Crippen molar-refractivity contribution in [2.45, 2.75) is 6.42 Å². The number of aromatic nitrogens is 2. The van der Waals surface area contributed by atoms with E-state index in [0.717, 1.165) is 16.8 Å².